The second-order valence-electron chi connectivity index (χ2n) is 5.77. The molecule has 2 heterocycles. The number of nitro groups is 1. The van der Waals surface area contributed by atoms with Crippen molar-refractivity contribution in [1.82, 2.24) is 15.0 Å². The molecule has 0 saturated carbocycles. The van der Waals surface area contributed by atoms with E-state index in [1.165, 1.54) is 29.4 Å². The first-order chi connectivity index (χ1) is 12.9. The molecule has 1 aromatic carbocycles. The Bertz CT molecular complexity index is 954. The van der Waals surface area contributed by atoms with Crippen molar-refractivity contribution in [2.24, 2.45) is 0 Å². The van der Waals surface area contributed by atoms with Gasteiger partial charge >= 0.3 is 0 Å². The first-order valence-corrected chi connectivity index (χ1v) is 8.35. The van der Waals surface area contributed by atoms with Gasteiger partial charge < -0.3 is 13.8 Å². The zero-order chi connectivity index (χ0) is 19.4. The third-order valence-electron chi connectivity index (χ3n) is 3.84. The topological polar surface area (TPSA) is 116 Å². The van der Waals surface area contributed by atoms with E-state index in [4.69, 9.17) is 20.5 Å². The van der Waals surface area contributed by atoms with Gasteiger partial charge in [-0.1, -0.05) is 16.8 Å². The molecule has 0 aliphatic heterocycles. The van der Waals surface area contributed by atoms with E-state index in [1.807, 2.05) is 0 Å². The monoisotopic (exact) mass is 390 g/mol. The van der Waals surface area contributed by atoms with Crippen LogP contribution in [0.15, 0.2) is 45.5 Å². The smallest absolute Gasteiger partial charge is 0.269 e. The minimum absolute atomic E-state index is 0.0773. The molecule has 0 saturated heterocycles. The first-order valence-electron chi connectivity index (χ1n) is 7.97. The van der Waals surface area contributed by atoms with E-state index in [-0.39, 0.29) is 31.0 Å². The Balaban J connectivity index is 1.58. The highest BCUT2D eigenvalue weighted by Crippen LogP contribution is 2.23. The van der Waals surface area contributed by atoms with Gasteiger partial charge in [-0.3, -0.25) is 14.9 Å². The predicted molar refractivity (Wildman–Crippen MR) is 94.9 cm³/mol. The molecule has 9 nitrogen and oxygen atoms in total. The van der Waals surface area contributed by atoms with E-state index in [1.54, 1.807) is 19.2 Å². The molecule has 0 N–H and O–H groups in total. The summed E-state index contributed by atoms with van der Waals surface area (Å²) in [4.78, 5) is 28.3. The first kappa shape index (κ1) is 18.6. The van der Waals surface area contributed by atoms with Crippen molar-refractivity contribution < 1.29 is 18.7 Å². The average molecular weight is 391 g/mol. The summed E-state index contributed by atoms with van der Waals surface area (Å²) < 4.78 is 10.3. The van der Waals surface area contributed by atoms with Crippen molar-refractivity contribution in [2.45, 2.75) is 19.4 Å². The lowest BCUT2D eigenvalue weighted by atomic mass is 10.2. The molecule has 0 aliphatic rings. The largest absolute Gasteiger partial charge is 0.461 e. The van der Waals surface area contributed by atoms with E-state index < -0.39 is 4.92 Å². The summed E-state index contributed by atoms with van der Waals surface area (Å²) in [5.41, 5.74) is 0.422. The number of nitro benzene ring substituents is 1. The lowest BCUT2D eigenvalue weighted by Crippen LogP contribution is -2.26. The zero-order valence-corrected chi connectivity index (χ0v) is 15.0. The summed E-state index contributed by atoms with van der Waals surface area (Å²) in [6, 6.07) is 7.54. The number of benzene rings is 1. The number of rotatable bonds is 7. The summed E-state index contributed by atoms with van der Waals surface area (Å²) in [5.74, 6) is 0.930. The molecule has 27 heavy (non-hydrogen) atoms. The van der Waals surface area contributed by atoms with Crippen LogP contribution >= 0.6 is 11.6 Å². The van der Waals surface area contributed by atoms with Crippen molar-refractivity contribution >= 4 is 23.2 Å². The molecular formula is C17H15ClN4O5. The molecule has 0 bridgehead atoms. The Hall–Kier alpha value is -3.20. The van der Waals surface area contributed by atoms with Gasteiger partial charge in [0.05, 0.1) is 11.2 Å². The van der Waals surface area contributed by atoms with Crippen LogP contribution in [0.3, 0.4) is 0 Å². The van der Waals surface area contributed by atoms with E-state index in [2.05, 4.69) is 10.1 Å². The maximum Gasteiger partial charge on any atom is 0.269 e. The summed E-state index contributed by atoms with van der Waals surface area (Å²) >= 11 is 6.07. The Labute approximate surface area is 158 Å². The number of halogens is 1. The van der Waals surface area contributed by atoms with Crippen molar-refractivity contribution in [3.05, 3.63) is 63.2 Å². The van der Waals surface area contributed by atoms with Gasteiger partial charge in [0.1, 0.15) is 0 Å². The van der Waals surface area contributed by atoms with Gasteiger partial charge in [0.25, 0.3) is 5.69 Å². The number of amides is 1. The molecule has 3 aromatic rings. The summed E-state index contributed by atoms with van der Waals surface area (Å²) in [5, 5.41) is 15.0. The number of aryl methyl sites for hydroxylation is 1. The molecule has 1 amide bonds. The van der Waals surface area contributed by atoms with Crippen molar-refractivity contribution in [3.8, 4) is 11.6 Å². The van der Waals surface area contributed by atoms with Gasteiger partial charge in [-0.25, -0.2) is 0 Å². The van der Waals surface area contributed by atoms with Crippen molar-refractivity contribution in [3.63, 3.8) is 0 Å². The van der Waals surface area contributed by atoms with Crippen LogP contribution in [0.2, 0.25) is 5.02 Å². The Morgan fingerprint density at radius 1 is 1.37 bits per heavy atom. The van der Waals surface area contributed by atoms with Gasteiger partial charge in [0.2, 0.25) is 17.6 Å². The number of non-ortho nitro benzene ring substituents is 1. The maximum absolute atomic E-state index is 12.3. The SMILES string of the molecule is CN(Cc1cc([N+](=O)[O-])ccc1Cl)C(=O)CCc1nc(-c2ccco2)no1. The highest BCUT2D eigenvalue weighted by molar-refractivity contribution is 6.31. The second-order valence-corrected chi connectivity index (χ2v) is 6.18. The highest BCUT2D eigenvalue weighted by Gasteiger charge is 2.17. The molecule has 2 aromatic heterocycles. The van der Waals surface area contributed by atoms with E-state index in [0.717, 1.165) is 0 Å². The fraction of sp³-hybridized carbons (Fsp3) is 0.235. The van der Waals surface area contributed by atoms with Gasteiger partial charge in [-0.15, -0.1) is 0 Å². The van der Waals surface area contributed by atoms with Crippen LogP contribution in [0.1, 0.15) is 17.9 Å². The summed E-state index contributed by atoms with van der Waals surface area (Å²) in [6.45, 7) is 0.154. The quantitative estimate of drug-likeness (QED) is 0.447. The van der Waals surface area contributed by atoms with E-state index in [0.29, 0.717) is 28.1 Å². The zero-order valence-electron chi connectivity index (χ0n) is 14.3. The number of furan rings is 1. The van der Waals surface area contributed by atoms with Crippen molar-refractivity contribution in [2.75, 3.05) is 7.05 Å². The lowest BCUT2D eigenvalue weighted by molar-refractivity contribution is -0.384. The van der Waals surface area contributed by atoms with E-state index in [9.17, 15) is 14.9 Å². The fourth-order valence-electron chi connectivity index (χ4n) is 2.41. The number of aromatic nitrogens is 2. The van der Waals surface area contributed by atoms with Crippen LogP contribution in [0.5, 0.6) is 0 Å². The fourth-order valence-corrected chi connectivity index (χ4v) is 2.58. The minimum atomic E-state index is -0.506. The Morgan fingerprint density at radius 3 is 2.89 bits per heavy atom. The number of carbonyl (C=O) groups excluding carboxylic acids is 1. The molecule has 0 fully saturated rings. The van der Waals surface area contributed by atoms with Crippen LogP contribution in [0.25, 0.3) is 11.6 Å². The Morgan fingerprint density at radius 2 is 2.19 bits per heavy atom. The summed E-state index contributed by atoms with van der Waals surface area (Å²) in [7, 11) is 1.60. The second kappa shape index (κ2) is 8.00. The number of hydrogen-bond acceptors (Lipinski definition) is 7. The van der Waals surface area contributed by atoms with Crippen LogP contribution in [-0.2, 0) is 17.8 Å². The predicted octanol–water partition coefficient (Wildman–Crippen LogP) is 3.48. The van der Waals surface area contributed by atoms with Crippen LogP contribution < -0.4 is 0 Å². The molecule has 0 atom stereocenters. The number of carbonyl (C=O) groups is 1. The van der Waals surface area contributed by atoms with Gasteiger partial charge in [-0.2, -0.15) is 4.98 Å². The highest BCUT2D eigenvalue weighted by atomic mass is 35.5. The standard InChI is InChI=1S/C17H15ClN4O5/c1-21(10-11-9-12(22(24)25)4-5-13(11)18)16(23)7-6-15-19-17(20-27-15)14-3-2-8-26-14/h2-5,8-9H,6-7,10H2,1H3. The normalized spacial score (nSPS) is 10.7. The molecule has 0 radical (unpaired) electrons. The third kappa shape index (κ3) is 4.50. The molecule has 3 rings (SSSR count). The van der Waals surface area contributed by atoms with Gasteiger partial charge in [0.15, 0.2) is 5.76 Å². The molecule has 10 heteroatoms. The summed E-state index contributed by atoms with van der Waals surface area (Å²) in [6.07, 6.45) is 1.91. The average Bonchev–Trinajstić information content (AvgIpc) is 3.32. The van der Waals surface area contributed by atoms with E-state index >= 15 is 0 Å². The minimum Gasteiger partial charge on any atom is -0.461 e. The van der Waals surface area contributed by atoms with Crippen LogP contribution in [0.4, 0.5) is 5.69 Å². The number of nitrogens with zero attached hydrogens (tertiary/aromatic N) is 4. The van der Waals surface area contributed by atoms with Crippen molar-refractivity contribution in [1.29, 1.82) is 0 Å². The molecular weight excluding hydrogens is 376 g/mol. The van der Waals surface area contributed by atoms with Crippen LogP contribution in [-0.4, -0.2) is 32.9 Å². The molecule has 140 valence electrons. The van der Waals surface area contributed by atoms with Crippen LogP contribution in [0, 0.1) is 10.1 Å². The number of hydrogen-bond donors (Lipinski definition) is 0. The molecule has 0 spiro atoms. The Kier molecular flexibility index (Phi) is 5.51. The molecule has 0 unspecified atom stereocenters. The molecule has 0 aliphatic carbocycles. The lowest BCUT2D eigenvalue weighted by Gasteiger charge is -2.17. The third-order valence-corrected chi connectivity index (χ3v) is 4.20. The van der Waals surface area contributed by atoms with Gasteiger partial charge in [-0.05, 0) is 23.8 Å². The van der Waals surface area contributed by atoms with Gasteiger partial charge in [0, 0.05) is 43.6 Å². The maximum atomic E-state index is 12.3.